The number of likely N-dealkylation sites (tertiary alicyclic amines) is 1. The lowest BCUT2D eigenvalue weighted by atomic mass is 10.0. The van der Waals surface area contributed by atoms with Crippen LogP contribution in [0.3, 0.4) is 0 Å². The Bertz CT molecular complexity index is 1330. The van der Waals surface area contributed by atoms with Crippen molar-refractivity contribution in [3.63, 3.8) is 0 Å². The SMILES string of the molecule is CCn1nnc2ccc(-c3ccn4nc(NC5CCN(C6COC6)CC5F)nc(NC)c34)nc21. The summed E-state index contributed by atoms with van der Waals surface area (Å²) < 4.78 is 23.7. The molecule has 0 bridgehead atoms. The van der Waals surface area contributed by atoms with Gasteiger partial charge < -0.3 is 15.4 Å². The van der Waals surface area contributed by atoms with E-state index in [0.29, 0.717) is 50.5 Å². The fraction of sp³-hybridized carbons (Fsp3) is 0.500. The third-order valence-electron chi connectivity index (χ3n) is 6.71. The molecule has 2 N–H and O–H groups in total. The lowest BCUT2D eigenvalue weighted by Crippen LogP contribution is -2.57. The van der Waals surface area contributed by atoms with Crippen molar-refractivity contribution in [2.24, 2.45) is 0 Å². The molecule has 6 rings (SSSR count). The van der Waals surface area contributed by atoms with Crippen LogP contribution < -0.4 is 10.6 Å². The third-order valence-corrected chi connectivity index (χ3v) is 6.71. The molecule has 6 heterocycles. The van der Waals surface area contributed by atoms with Gasteiger partial charge in [-0.15, -0.1) is 10.2 Å². The molecule has 0 amide bonds. The van der Waals surface area contributed by atoms with E-state index >= 15 is 0 Å². The van der Waals surface area contributed by atoms with Gasteiger partial charge in [0.15, 0.2) is 11.5 Å². The average Bonchev–Trinajstić information content (AvgIpc) is 3.42. The molecule has 4 aromatic rings. The van der Waals surface area contributed by atoms with Gasteiger partial charge in [0.2, 0.25) is 5.95 Å². The van der Waals surface area contributed by atoms with Crippen LogP contribution in [-0.4, -0.2) is 91.1 Å². The highest BCUT2D eigenvalue weighted by atomic mass is 19.1. The summed E-state index contributed by atoms with van der Waals surface area (Å²) in [5, 5.41) is 19.3. The van der Waals surface area contributed by atoms with Gasteiger partial charge in [0.1, 0.15) is 17.2 Å². The molecule has 2 saturated heterocycles. The van der Waals surface area contributed by atoms with Crippen molar-refractivity contribution in [2.75, 3.05) is 44.0 Å². The second kappa shape index (κ2) is 8.44. The second-order valence-electron chi connectivity index (χ2n) is 8.74. The maximum atomic E-state index is 14.9. The summed E-state index contributed by atoms with van der Waals surface area (Å²) in [7, 11) is 1.81. The minimum atomic E-state index is -1.00. The summed E-state index contributed by atoms with van der Waals surface area (Å²) in [4.78, 5) is 11.6. The summed E-state index contributed by atoms with van der Waals surface area (Å²) in [6.07, 6.45) is 1.56. The summed E-state index contributed by atoms with van der Waals surface area (Å²) in [6.45, 7) is 5.32. The summed E-state index contributed by atoms with van der Waals surface area (Å²) in [5.41, 5.74) is 3.96. The van der Waals surface area contributed by atoms with Crippen molar-refractivity contribution in [1.82, 2.24) is 39.5 Å². The first-order valence-electron chi connectivity index (χ1n) is 11.6. The number of pyridine rings is 1. The molecule has 0 saturated carbocycles. The number of aryl methyl sites for hydroxylation is 1. The van der Waals surface area contributed by atoms with Crippen LogP contribution in [0.4, 0.5) is 16.2 Å². The van der Waals surface area contributed by atoms with Crippen LogP contribution in [0.15, 0.2) is 24.4 Å². The van der Waals surface area contributed by atoms with Crippen LogP contribution in [0.2, 0.25) is 0 Å². The number of nitrogens with zero attached hydrogens (tertiary/aromatic N) is 8. The molecule has 34 heavy (non-hydrogen) atoms. The highest BCUT2D eigenvalue weighted by molar-refractivity contribution is 5.89. The van der Waals surface area contributed by atoms with Crippen LogP contribution >= 0.6 is 0 Å². The Kier molecular flexibility index (Phi) is 5.26. The van der Waals surface area contributed by atoms with Crippen molar-refractivity contribution in [3.8, 4) is 11.3 Å². The van der Waals surface area contributed by atoms with Crippen molar-refractivity contribution < 1.29 is 9.13 Å². The van der Waals surface area contributed by atoms with Gasteiger partial charge in [-0.25, -0.2) is 18.6 Å². The van der Waals surface area contributed by atoms with Gasteiger partial charge >= 0.3 is 0 Å². The first kappa shape index (κ1) is 21.2. The number of piperidine rings is 1. The van der Waals surface area contributed by atoms with Crippen LogP contribution in [-0.2, 0) is 11.3 Å². The largest absolute Gasteiger partial charge is 0.378 e. The highest BCUT2D eigenvalue weighted by Crippen LogP contribution is 2.30. The van der Waals surface area contributed by atoms with E-state index in [1.165, 1.54) is 0 Å². The third kappa shape index (κ3) is 3.53. The van der Waals surface area contributed by atoms with Crippen molar-refractivity contribution >= 4 is 28.4 Å². The number of ether oxygens (including phenoxy) is 1. The zero-order valence-electron chi connectivity index (χ0n) is 19.1. The zero-order chi connectivity index (χ0) is 23.2. The molecule has 12 heteroatoms. The number of anilines is 2. The normalized spacial score (nSPS) is 21.7. The van der Waals surface area contributed by atoms with Gasteiger partial charge in [-0.3, -0.25) is 4.90 Å². The highest BCUT2D eigenvalue weighted by Gasteiger charge is 2.35. The number of fused-ring (bicyclic) bond motifs is 2. The number of rotatable bonds is 6. The topological polar surface area (TPSA) is 110 Å². The molecular weight excluding hydrogens is 439 g/mol. The van der Waals surface area contributed by atoms with Gasteiger partial charge in [0, 0.05) is 38.4 Å². The first-order chi connectivity index (χ1) is 16.6. The van der Waals surface area contributed by atoms with Gasteiger partial charge in [-0.05, 0) is 31.5 Å². The number of hydrogen-bond acceptors (Lipinski definition) is 9. The van der Waals surface area contributed by atoms with E-state index in [9.17, 15) is 4.39 Å². The number of hydrogen-bond donors (Lipinski definition) is 2. The predicted molar refractivity (Wildman–Crippen MR) is 126 cm³/mol. The smallest absolute Gasteiger partial charge is 0.243 e. The fourth-order valence-electron chi connectivity index (χ4n) is 4.71. The molecule has 2 unspecified atom stereocenters. The number of alkyl halides is 1. The quantitative estimate of drug-likeness (QED) is 0.440. The molecule has 0 aromatic carbocycles. The zero-order valence-corrected chi connectivity index (χ0v) is 19.1. The Hall–Kier alpha value is -3.38. The van der Waals surface area contributed by atoms with E-state index in [1.54, 1.807) is 9.20 Å². The number of nitrogens with one attached hydrogen (secondary N) is 2. The van der Waals surface area contributed by atoms with Crippen LogP contribution in [0.25, 0.3) is 27.9 Å². The van der Waals surface area contributed by atoms with Crippen LogP contribution in [0, 0.1) is 0 Å². The first-order valence-corrected chi connectivity index (χ1v) is 11.6. The lowest BCUT2D eigenvalue weighted by Gasteiger charge is -2.42. The Morgan fingerprint density at radius 1 is 1.21 bits per heavy atom. The number of aromatic nitrogens is 7. The minimum absolute atomic E-state index is 0.333. The minimum Gasteiger partial charge on any atom is -0.378 e. The Morgan fingerprint density at radius 2 is 2.09 bits per heavy atom. The Labute approximate surface area is 195 Å². The lowest BCUT2D eigenvalue weighted by molar-refractivity contribution is -0.0794. The summed E-state index contributed by atoms with van der Waals surface area (Å²) in [6, 6.07) is 5.81. The molecule has 0 radical (unpaired) electrons. The molecule has 4 aromatic heterocycles. The van der Waals surface area contributed by atoms with E-state index in [1.807, 2.05) is 38.4 Å². The molecule has 11 nitrogen and oxygen atoms in total. The van der Waals surface area contributed by atoms with Gasteiger partial charge in [0.05, 0.1) is 31.0 Å². The maximum Gasteiger partial charge on any atom is 0.243 e. The average molecular weight is 467 g/mol. The molecule has 2 atom stereocenters. The molecule has 0 spiro atoms. The molecule has 2 fully saturated rings. The van der Waals surface area contributed by atoms with Gasteiger partial charge in [-0.1, -0.05) is 5.21 Å². The second-order valence-corrected chi connectivity index (χ2v) is 8.74. The van der Waals surface area contributed by atoms with Crippen LogP contribution in [0.1, 0.15) is 13.3 Å². The Balaban J connectivity index is 1.29. The Morgan fingerprint density at radius 3 is 2.82 bits per heavy atom. The standard InChI is InChI=1S/C22H27FN10O/c1-3-32-21-18(28-30-32)5-4-16(25-21)14-6-9-33-19(14)20(24-2)27-22(29-33)26-17-7-8-31(10-15(17)23)13-11-34-12-13/h4-6,9,13,15,17H,3,7-8,10-12H2,1-2H3,(H2,24,26,27,29). The van der Waals surface area contributed by atoms with E-state index in [0.717, 1.165) is 34.5 Å². The fourth-order valence-corrected chi connectivity index (χ4v) is 4.71. The molecule has 2 aliphatic rings. The summed E-state index contributed by atoms with van der Waals surface area (Å²) in [5.74, 6) is 1.03. The molecule has 0 aliphatic carbocycles. The van der Waals surface area contributed by atoms with Crippen molar-refractivity contribution in [1.29, 1.82) is 0 Å². The van der Waals surface area contributed by atoms with E-state index in [-0.39, 0.29) is 6.04 Å². The van der Waals surface area contributed by atoms with E-state index < -0.39 is 6.17 Å². The van der Waals surface area contributed by atoms with Crippen molar-refractivity contribution in [2.45, 2.75) is 38.1 Å². The van der Waals surface area contributed by atoms with Gasteiger partial charge in [-0.2, -0.15) is 4.98 Å². The molecule has 2 aliphatic heterocycles. The van der Waals surface area contributed by atoms with E-state index in [2.05, 4.69) is 35.9 Å². The van der Waals surface area contributed by atoms with E-state index in [4.69, 9.17) is 9.72 Å². The van der Waals surface area contributed by atoms with Crippen LogP contribution in [0.5, 0.6) is 0 Å². The van der Waals surface area contributed by atoms with Gasteiger partial charge in [0.25, 0.3) is 0 Å². The summed E-state index contributed by atoms with van der Waals surface area (Å²) >= 11 is 0. The van der Waals surface area contributed by atoms with Crippen molar-refractivity contribution in [3.05, 3.63) is 24.4 Å². The maximum absolute atomic E-state index is 14.9. The number of halogens is 1. The monoisotopic (exact) mass is 466 g/mol. The molecule has 178 valence electrons. The molecular formula is C22H27FN10O. The predicted octanol–water partition coefficient (Wildman–Crippen LogP) is 1.82.